The number of amides is 1. The fraction of sp³-hybridized carbons (Fsp3) is 0.417. The number of benzene rings is 1. The summed E-state index contributed by atoms with van der Waals surface area (Å²) >= 11 is 11.6. The molecule has 6 heteroatoms. The van der Waals surface area contributed by atoms with Crippen molar-refractivity contribution in [3.05, 3.63) is 33.8 Å². The van der Waals surface area contributed by atoms with E-state index in [1.54, 1.807) is 19.1 Å². The molecule has 1 aromatic rings. The van der Waals surface area contributed by atoms with E-state index in [2.05, 4.69) is 5.32 Å². The van der Waals surface area contributed by atoms with Gasteiger partial charge in [-0.05, 0) is 25.1 Å². The largest absolute Gasteiger partial charge is 0.386 e. The van der Waals surface area contributed by atoms with Crippen LogP contribution in [0.4, 0.5) is 0 Å². The van der Waals surface area contributed by atoms with E-state index in [4.69, 9.17) is 27.9 Å². The minimum Gasteiger partial charge on any atom is -0.386 e. The summed E-state index contributed by atoms with van der Waals surface area (Å²) in [5, 5.41) is 13.1. The van der Waals surface area contributed by atoms with Gasteiger partial charge in [-0.25, -0.2) is 0 Å². The summed E-state index contributed by atoms with van der Waals surface area (Å²) in [5.41, 5.74) is -0.724. The first-order chi connectivity index (χ1) is 8.35. The van der Waals surface area contributed by atoms with Crippen LogP contribution in [0.2, 0.25) is 10.0 Å². The Morgan fingerprint density at radius 2 is 2.11 bits per heavy atom. The average molecular weight is 292 g/mol. The Morgan fingerprint density at radius 3 is 2.67 bits per heavy atom. The van der Waals surface area contributed by atoms with Crippen molar-refractivity contribution in [1.29, 1.82) is 0 Å². The van der Waals surface area contributed by atoms with Gasteiger partial charge in [0.1, 0.15) is 5.60 Å². The first-order valence-corrected chi connectivity index (χ1v) is 6.06. The predicted octanol–water partition coefficient (Wildman–Crippen LogP) is 2.12. The fourth-order valence-electron chi connectivity index (χ4n) is 1.37. The quantitative estimate of drug-likeness (QED) is 0.874. The highest BCUT2D eigenvalue weighted by atomic mass is 35.5. The second-order valence-electron chi connectivity index (χ2n) is 4.24. The molecular weight excluding hydrogens is 277 g/mol. The Hall–Kier alpha value is -0.810. The van der Waals surface area contributed by atoms with Crippen LogP contribution in [0.25, 0.3) is 0 Å². The Morgan fingerprint density at radius 1 is 1.44 bits per heavy atom. The number of hydrogen-bond donors (Lipinski definition) is 2. The lowest BCUT2D eigenvalue weighted by Crippen LogP contribution is -2.43. The molecule has 4 nitrogen and oxygen atoms in total. The number of nitrogens with one attached hydrogen (secondary N) is 1. The second-order valence-corrected chi connectivity index (χ2v) is 5.06. The Balaban J connectivity index is 2.63. The van der Waals surface area contributed by atoms with Gasteiger partial charge in [-0.1, -0.05) is 23.2 Å². The van der Waals surface area contributed by atoms with Gasteiger partial charge in [0, 0.05) is 19.2 Å². The van der Waals surface area contributed by atoms with Crippen LogP contribution in [0.5, 0.6) is 0 Å². The third-order valence-electron chi connectivity index (χ3n) is 2.27. The highest BCUT2D eigenvalue weighted by molar-refractivity contribution is 6.42. The lowest BCUT2D eigenvalue weighted by Gasteiger charge is -2.22. The molecule has 1 unspecified atom stereocenters. The van der Waals surface area contributed by atoms with Crippen molar-refractivity contribution in [2.75, 3.05) is 20.3 Å². The van der Waals surface area contributed by atoms with Crippen LogP contribution in [0.1, 0.15) is 17.3 Å². The van der Waals surface area contributed by atoms with E-state index in [-0.39, 0.29) is 19.1 Å². The van der Waals surface area contributed by atoms with Crippen molar-refractivity contribution in [3.63, 3.8) is 0 Å². The van der Waals surface area contributed by atoms with Crippen LogP contribution >= 0.6 is 23.2 Å². The molecule has 0 heterocycles. The van der Waals surface area contributed by atoms with Crippen molar-refractivity contribution in [2.24, 2.45) is 0 Å². The van der Waals surface area contributed by atoms with E-state index in [0.717, 1.165) is 0 Å². The standard InChI is InChI=1S/C12H15Cl2NO3/c1-12(17,7-18-2)6-15-11(16)8-3-4-9(13)10(14)5-8/h3-5,17H,6-7H2,1-2H3,(H,15,16). The molecule has 1 amide bonds. The molecule has 0 saturated heterocycles. The normalized spacial score (nSPS) is 14.1. The lowest BCUT2D eigenvalue weighted by molar-refractivity contribution is -0.0147. The summed E-state index contributed by atoms with van der Waals surface area (Å²) in [4.78, 5) is 11.8. The minimum atomic E-state index is -1.11. The zero-order valence-electron chi connectivity index (χ0n) is 10.2. The molecule has 0 bridgehead atoms. The smallest absolute Gasteiger partial charge is 0.251 e. The van der Waals surface area contributed by atoms with Crippen LogP contribution in [0.3, 0.4) is 0 Å². The van der Waals surface area contributed by atoms with Crippen LogP contribution in [0.15, 0.2) is 18.2 Å². The summed E-state index contributed by atoms with van der Waals surface area (Å²) in [7, 11) is 1.48. The van der Waals surface area contributed by atoms with Crippen molar-refractivity contribution in [3.8, 4) is 0 Å². The van der Waals surface area contributed by atoms with E-state index in [1.807, 2.05) is 0 Å². The molecular formula is C12H15Cl2NO3. The maximum atomic E-state index is 11.8. The Labute approximate surface area is 116 Å². The van der Waals surface area contributed by atoms with Gasteiger partial charge in [-0.15, -0.1) is 0 Å². The minimum absolute atomic E-state index is 0.0833. The molecule has 1 aromatic carbocycles. The SMILES string of the molecule is COCC(C)(O)CNC(=O)c1ccc(Cl)c(Cl)c1. The molecule has 0 aromatic heterocycles. The number of carbonyl (C=O) groups excluding carboxylic acids is 1. The molecule has 18 heavy (non-hydrogen) atoms. The molecule has 1 atom stereocenters. The topological polar surface area (TPSA) is 58.6 Å². The van der Waals surface area contributed by atoms with E-state index in [9.17, 15) is 9.90 Å². The second kappa shape index (κ2) is 6.38. The first-order valence-electron chi connectivity index (χ1n) is 5.30. The highest BCUT2D eigenvalue weighted by Gasteiger charge is 2.21. The first kappa shape index (κ1) is 15.2. The van der Waals surface area contributed by atoms with Gasteiger partial charge < -0.3 is 15.2 Å². The average Bonchev–Trinajstić information content (AvgIpc) is 2.30. The lowest BCUT2D eigenvalue weighted by atomic mass is 10.1. The highest BCUT2D eigenvalue weighted by Crippen LogP contribution is 2.22. The maximum Gasteiger partial charge on any atom is 0.251 e. The Kier molecular flexibility index (Phi) is 5.41. The number of ether oxygens (including phenoxy) is 1. The van der Waals surface area contributed by atoms with Gasteiger partial charge in [0.05, 0.1) is 16.7 Å². The molecule has 100 valence electrons. The zero-order valence-corrected chi connectivity index (χ0v) is 11.7. The van der Waals surface area contributed by atoms with E-state index < -0.39 is 5.60 Å². The molecule has 0 saturated carbocycles. The third kappa shape index (κ3) is 4.46. The van der Waals surface area contributed by atoms with E-state index in [0.29, 0.717) is 15.6 Å². The molecule has 0 spiro atoms. The molecule has 0 radical (unpaired) electrons. The van der Waals surface area contributed by atoms with E-state index >= 15 is 0 Å². The maximum absolute atomic E-state index is 11.8. The molecule has 2 N–H and O–H groups in total. The molecule has 0 fully saturated rings. The Bertz CT molecular complexity index is 435. The van der Waals surface area contributed by atoms with Crippen LogP contribution in [0, 0.1) is 0 Å². The van der Waals surface area contributed by atoms with Crippen molar-refractivity contribution >= 4 is 29.1 Å². The summed E-state index contributed by atoms with van der Waals surface area (Å²) < 4.78 is 4.84. The summed E-state index contributed by atoms with van der Waals surface area (Å²) in [6.07, 6.45) is 0. The van der Waals surface area contributed by atoms with Gasteiger partial charge in [0.2, 0.25) is 0 Å². The number of halogens is 2. The molecule has 1 rings (SSSR count). The molecule has 0 aliphatic heterocycles. The number of methoxy groups -OCH3 is 1. The van der Waals surface area contributed by atoms with Crippen molar-refractivity contribution < 1.29 is 14.6 Å². The zero-order chi connectivity index (χ0) is 13.8. The van der Waals surface area contributed by atoms with Crippen molar-refractivity contribution in [1.82, 2.24) is 5.32 Å². The number of hydrogen-bond acceptors (Lipinski definition) is 3. The fourth-order valence-corrected chi connectivity index (χ4v) is 1.67. The van der Waals surface area contributed by atoms with Crippen LogP contribution in [-0.4, -0.2) is 36.9 Å². The summed E-state index contributed by atoms with van der Waals surface area (Å²) in [5.74, 6) is -0.329. The van der Waals surface area contributed by atoms with Crippen molar-refractivity contribution in [2.45, 2.75) is 12.5 Å². The number of aliphatic hydroxyl groups is 1. The predicted molar refractivity (Wildman–Crippen MR) is 71.3 cm³/mol. The van der Waals surface area contributed by atoms with Gasteiger partial charge in [0.15, 0.2) is 0 Å². The molecule has 0 aliphatic rings. The number of carbonyl (C=O) groups is 1. The summed E-state index contributed by atoms with van der Waals surface area (Å²) in [6, 6.07) is 4.59. The van der Waals surface area contributed by atoms with Gasteiger partial charge >= 0.3 is 0 Å². The monoisotopic (exact) mass is 291 g/mol. The van der Waals surface area contributed by atoms with Gasteiger partial charge in [-0.2, -0.15) is 0 Å². The van der Waals surface area contributed by atoms with Gasteiger partial charge in [-0.3, -0.25) is 4.79 Å². The van der Waals surface area contributed by atoms with Gasteiger partial charge in [0.25, 0.3) is 5.91 Å². The molecule has 0 aliphatic carbocycles. The van der Waals surface area contributed by atoms with Crippen LogP contribution in [-0.2, 0) is 4.74 Å². The number of rotatable bonds is 5. The van der Waals surface area contributed by atoms with E-state index in [1.165, 1.54) is 13.2 Å². The third-order valence-corrected chi connectivity index (χ3v) is 3.01. The summed E-state index contributed by atoms with van der Waals surface area (Å²) in [6.45, 7) is 1.79. The van der Waals surface area contributed by atoms with Crippen LogP contribution < -0.4 is 5.32 Å².